The van der Waals surface area contributed by atoms with Gasteiger partial charge in [0.25, 0.3) is 0 Å². The van der Waals surface area contributed by atoms with Crippen LogP contribution in [0.15, 0.2) is 127 Å². The van der Waals surface area contributed by atoms with Gasteiger partial charge in [0.05, 0.1) is 18.8 Å². The summed E-state index contributed by atoms with van der Waals surface area (Å²) in [5.74, 6) is 1.46. The first-order valence-corrected chi connectivity index (χ1v) is 20.1. The Kier molecular flexibility index (Phi) is 12.4. The number of urea groups is 1. The second-order valence-corrected chi connectivity index (χ2v) is 15.2. The molecule has 0 saturated carbocycles. The molecular formula is C47H52N4O5. The molecule has 2 amide bonds. The third-order valence-electron chi connectivity index (χ3n) is 11.2. The highest BCUT2D eigenvalue weighted by molar-refractivity contribution is 5.89. The molecule has 3 fully saturated rings. The van der Waals surface area contributed by atoms with Crippen molar-refractivity contribution in [3.05, 3.63) is 150 Å². The van der Waals surface area contributed by atoms with Crippen LogP contribution in [0.25, 0.3) is 11.1 Å². The molecule has 0 radical (unpaired) electrons. The van der Waals surface area contributed by atoms with Crippen LogP contribution >= 0.6 is 0 Å². The van der Waals surface area contributed by atoms with Crippen LogP contribution in [-0.4, -0.2) is 65.8 Å². The normalized spacial score (nSPS) is 21.5. The van der Waals surface area contributed by atoms with Crippen LogP contribution in [0.2, 0.25) is 0 Å². The van der Waals surface area contributed by atoms with Crippen LogP contribution in [0, 0.1) is 0 Å². The van der Waals surface area contributed by atoms with E-state index < -0.39 is 6.29 Å². The zero-order valence-corrected chi connectivity index (χ0v) is 31.9. The first-order valence-electron chi connectivity index (χ1n) is 20.1. The van der Waals surface area contributed by atoms with Crippen molar-refractivity contribution in [3.63, 3.8) is 0 Å². The molecule has 4 unspecified atom stereocenters. The number of hydrogen-bond donors (Lipinski definition) is 3. The molecular weight excluding hydrogens is 701 g/mol. The molecule has 3 N–H and O–H groups in total. The first kappa shape index (κ1) is 37.9. The summed E-state index contributed by atoms with van der Waals surface area (Å²) < 4.78 is 19.3. The van der Waals surface area contributed by atoms with Gasteiger partial charge in [0, 0.05) is 43.3 Å². The lowest BCUT2D eigenvalue weighted by Gasteiger charge is -2.39. The fraction of sp³-hybridized carbons (Fsp3) is 0.340. The van der Waals surface area contributed by atoms with Gasteiger partial charge in [0.15, 0.2) is 6.29 Å². The SMILES string of the molecule is O=C(NCc1cccc(-c2ccc(C3OC(CN4CCCC4CN4CCCC4)CC(c4ccc(CO)cc4)O3)cc2)c1)Nc1ccc(Oc2ccccc2)cc1. The Labute approximate surface area is 330 Å². The number of benzene rings is 5. The number of nitrogens with one attached hydrogen (secondary N) is 2. The summed E-state index contributed by atoms with van der Waals surface area (Å²) in [5.41, 5.74) is 6.80. The van der Waals surface area contributed by atoms with Gasteiger partial charge in [0.2, 0.25) is 0 Å². The number of hydrogen-bond acceptors (Lipinski definition) is 7. The maximum absolute atomic E-state index is 12.8. The van der Waals surface area contributed by atoms with Crippen molar-refractivity contribution >= 4 is 11.7 Å². The van der Waals surface area contributed by atoms with Gasteiger partial charge in [-0.3, -0.25) is 4.90 Å². The molecule has 9 heteroatoms. The molecule has 3 saturated heterocycles. The highest BCUT2D eigenvalue weighted by Gasteiger charge is 2.36. The average molecular weight is 753 g/mol. The summed E-state index contributed by atoms with van der Waals surface area (Å²) in [6.07, 6.45) is 5.34. The molecule has 290 valence electrons. The standard InChI is InChI=1S/C47H52N4O5/c52-33-34-13-15-37(16-14-34)45-29-44(32-51-27-7-10-41(51)31-50-25-4-5-26-50)55-46(56-45)38-19-17-36(18-20-38)39-9-6-8-35(28-39)30-48-47(53)49-40-21-23-43(24-22-40)54-42-11-2-1-3-12-42/h1-3,6,8-9,11-24,28,41,44-46,52H,4-5,7,10,25-27,29-33H2,(H2,48,49,53). The van der Waals surface area contributed by atoms with Crippen LogP contribution in [-0.2, 0) is 22.6 Å². The zero-order chi connectivity index (χ0) is 38.1. The van der Waals surface area contributed by atoms with Gasteiger partial charge in [-0.05, 0) is 116 Å². The summed E-state index contributed by atoms with van der Waals surface area (Å²) >= 11 is 0. The van der Waals surface area contributed by atoms with E-state index in [1.807, 2.05) is 78.9 Å². The van der Waals surface area contributed by atoms with Crippen LogP contribution in [0.3, 0.4) is 0 Å². The lowest BCUT2D eigenvalue weighted by molar-refractivity contribution is -0.253. The van der Waals surface area contributed by atoms with Crippen molar-refractivity contribution in [2.45, 2.75) is 69.8 Å². The Balaban J connectivity index is 0.894. The van der Waals surface area contributed by atoms with Crippen molar-refractivity contribution in [3.8, 4) is 22.6 Å². The summed E-state index contributed by atoms with van der Waals surface area (Å²) in [5, 5.41) is 15.5. The Morgan fingerprint density at radius 1 is 0.714 bits per heavy atom. The Morgan fingerprint density at radius 2 is 1.46 bits per heavy atom. The minimum atomic E-state index is -0.494. The van der Waals surface area contributed by atoms with E-state index in [2.05, 4.69) is 69.0 Å². The third kappa shape index (κ3) is 9.85. The maximum atomic E-state index is 12.8. The second kappa shape index (κ2) is 18.3. The fourth-order valence-corrected chi connectivity index (χ4v) is 8.18. The minimum Gasteiger partial charge on any atom is -0.457 e. The molecule has 0 bridgehead atoms. The topological polar surface area (TPSA) is 95.5 Å². The van der Waals surface area contributed by atoms with E-state index in [0.29, 0.717) is 24.0 Å². The van der Waals surface area contributed by atoms with Crippen molar-refractivity contribution in [2.75, 3.05) is 38.0 Å². The number of para-hydroxylation sites is 1. The van der Waals surface area contributed by atoms with Gasteiger partial charge >= 0.3 is 6.03 Å². The smallest absolute Gasteiger partial charge is 0.319 e. The molecule has 0 aromatic heterocycles. The predicted octanol–water partition coefficient (Wildman–Crippen LogP) is 9.07. The minimum absolute atomic E-state index is 0.0240. The number of aliphatic hydroxyl groups is 1. The Morgan fingerprint density at radius 3 is 2.23 bits per heavy atom. The average Bonchev–Trinajstić information content (AvgIpc) is 3.93. The Hall–Kier alpha value is -5.03. The number of nitrogens with zero attached hydrogens (tertiary/aromatic N) is 2. The lowest BCUT2D eigenvalue weighted by Crippen LogP contribution is -2.45. The first-order chi connectivity index (χ1) is 27.5. The highest BCUT2D eigenvalue weighted by atomic mass is 16.7. The lowest BCUT2D eigenvalue weighted by atomic mass is 9.98. The number of ether oxygens (including phenoxy) is 3. The molecule has 9 nitrogen and oxygen atoms in total. The van der Waals surface area contributed by atoms with Gasteiger partial charge in [-0.1, -0.05) is 84.9 Å². The highest BCUT2D eigenvalue weighted by Crippen LogP contribution is 2.39. The number of amides is 2. The van der Waals surface area contributed by atoms with Crippen LogP contribution < -0.4 is 15.4 Å². The molecule has 3 aliphatic heterocycles. The van der Waals surface area contributed by atoms with Gasteiger partial charge in [-0.25, -0.2) is 4.79 Å². The van der Waals surface area contributed by atoms with E-state index in [1.54, 1.807) is 0 Å². The third-order valence-corrected chi connectivity index (χ3v) is 11.2. The molecule has 4 atom stereocenters. The number of likely N-dealkylation sites (tertiary alicyclic amines) is 2. The van der Waals surface area contributed by atoms with E-state index in [9.17, 15) is 9.90 Å². The molecule has 3 heterocycles. The molecule has 5 aromatic rings. The second-order valence-electron chi connectivity index (χ2n) is 15.2. The van der Waals surface area contributed by atoms with Crippen molar-refractivity contribution in [1.29, 1.82) is 0 Å². The molecule has 5 aromatic carbocycles. The van der Waals surface area contributed by atoms with E-state index >= 15 is 0 Å². The largest absolute Gasteiger partial charge is 0.457 e. The van der Waals surface area contributed by atoms with Crippen molar-refractivity contribution < 1.29 is 24.1 Å². The van der Waals surface area contributed by atoms with E-state index in [0.717, 1.165) is 65.2 Å². The fourth-order valence-electron chi connectivity index (χ4n) is 8.18. The van der Waals surface area contributed by atoms with E-state index in [4.69, 9.17) is 14.2 Å². The van der Waals surface area contributed by atoms with Crippen LogP contribution in [0.1, 0.15) is 66.8 Å². The summed E-state index contributed by atoms with van der Waals surface area (Å²) in [4.78, 5) is 18.1. The van der Waals surface area contributed by atoms with Crippen LogP contribution in [0.5, 0.6) is 11.5 Å². The molecule has 0 spiro atoms. The quantitative estimate of drug-likeness (QED) is 0.111. The van der Waals surface area contributed by atoms with Crippen molar-refractivity contribution in [1.82, 2.24) is 15.1 Å². The van der Waals surface area contributed by atoms with E-state index in [-0.39, 0.29) is 24.8 Å². The van der Waals surface area contributed by atoms with Gasteiger partial charge in [-0.2, -0.15) is 0 Å². The van der Waals surface area contributed by atoms with Crippen LogP contribution in [0.4, 0.5) is 10.5 Å². The maximum Gasteiger partial charge on any atom is 0.319 e. The number of aliphatic hydroxyl groups excluding tert-OH is 1. The summed E-state index contributed by atoms with van der Waals surface area (Å²) in [6, 6.07) is 42.0. The molecule has 56 heavy (non-hydrogen) atoms. The molecule has 8 rings (SSSR count). The summed E-state index contributed by atoms with van der Waals surface area (Å²) in [7, 11) is 0. The van der Waals surface area contributed by atoms with Gasteiger partial charge in [0.1, 0.15) is 11.5 Å². The van der Waals surface area contributed by atoms with E-state index in [1.165, 1.54) is 38.8 Å². The Bertz CT molecular complexity index is 2000. The number of anilines is 1. The number of carbonyl (C=O) groups excluding carboxylic acids is 1. The predicted molar refractivity (Wildman–Crippen MR) is 219 cm³/mol. The van der Waals surface area contributed by atoms with Crippen molar-refractivity contribution in [2.24, 2.45) is 0 Å². The summed E-state index contributed by atoms with van der Waals surface area (Å²) in [6.45, 7) is 6.03. The molecule has 3 aliphatic rings. The zero-order valence-electron chi connectivity index (χ0n) is 31.9. The van der Waals surface area contributed by atoms with Gasteiger partial charge < -0.3 is 34.9 Å². The van der Waals surface area contributed by atoms with Gasteiger partial charge in [-0.15, -0.1) is 0 Å². The molecule has 0 aliphatic carbocycles. The number of rotatable bonds is 13. The number of carbonyl (C=O) groups is 1. The monoisotopic (exact) mass is 752 g/mol.